The van der Waals surface area contributed by atoms with Crippen LogP contribution in [0.25, 0.3) is 32.3 Å². The first-order valence-corrected chi connectivity index (χ1v) is 10.6. The van der Waals surface area contributed by atoms with Crippen LogP contribution in [-0.4, -0.2) is 11.1 Å². The molecule has 4 heteroatoms. The Balaban J connectivity index is 1.43. The molecule has 1 aliphatic heterocycles. The molecule has 0 saturated carbocycles. The molecule has 5 aromatic carbocycles. The van der Waals surface area contributed by atoms with Gasteiger partial charge in [-0.25, -0.2) is 9.98 Å². The van der Waals surface area contributed by atoms with Crippen molar-refractivity contribution < 1.29 is 0 Å². The number of rotatable bonds is 2. The molecule has 1 atom stereocenters. The molecule has 31 heavy (non-hydrogen) atoms. The second-order valence-corrected chi connectivity index (χ2v) is 8.08. The lowest BCUT2D eigenvalue weighted by molar-refractivity contribution is 0.761. The van der Waals surface area contributed by atoms with Crippen molar-refractivity contribution in [3.63, 3.8) is 0 Å². The predicted octanol–water partition coefficient (Wildman–Crippen LogP) is 6.79. The number of amidine groups is 2. The van der Waals surface area contributed by atoms with Crippen LogP contribution >= 0.6 is 11.6 Å². The number of hydrogen-bond acceptors (Lipinski definition) is 3. The number of halogens is 1. The van der Waals surface area contributed by atoms with Gasteiger partial charge in [0.25, 0.3) is 0 Å². The molecule has 1 aliphatic rings. The fourth-order valence-corrected chi connectivity index (χ4v) is 4.43. The third kappa shape index (κ3) is 3.24. The van der Waals surface area contributed by atoms with Gasteiger partial charge in [0.15, 0.2) is 11.5 Å². The van der Waals surface area contributed by atoms with E-state index in [1.54, 1.807) is 0 Å². The molecule has 5 aromatic rings. The summed E-state index contributed by atoms with van der Waals surface area (Å²) in [5.74, 6) is 0.731. The van der Waals surface area contributed by atoms with Crippen LogP contribution in [-0.2, 0) is 0 Å². The van der Waals surface area contributed by atoms with E-state index < -0.39 is 0 Å². The number of nitrogens with zero attached hydrogens (tertiary/aromatic N) is 2. The van der Waals surface area contributed by atoms with Crippen LogP contribution in [0.4, 0.5) is 0 Å². The summed E-state index contributed by atoms with van der Waals surface area (Å²) in [6.07, 6.45) is -0.383. The molecule has 0 spiro atoms. The molecular formula is C27H18ClN3. The summed E-state index contributed by atoms with van der Waals surface area (Å²) in [4.78, 5) is 9.43. The fraction of sp³-hybridized carbons (Fsp3) is 0.0370. The third-order valence-corrected chi connectivity index (χ3v) is 5.99. The van der Waals surface area contributed by atoms with Crippen molar-refractivity contribution in [1.82, 2.24) is 5.32 Å². The quantitative estimate of drug-likeness (QED) is 0.248. The molecule has 148 valence electrons. The first-order chi connectivity index (χ1) is 15.2. The first-order valence-electron chi connectivity index (χ1n) is 10.2. The van der Waals surface area contributed by atoms with E-state index in [4.69, 9.17) is 16.6 Å². The van der Waals surface area contributed by atoms with Gasteiger partial charge in [0, 0.05) is 5.56 Å². The number of hydrogen-bond donors (Lipinski definition) is 1. The van der Waals surface area contributed by atoms with E-state index >= 15 is 0 Å². The van der Waals surface area contributed by atoms with Crippen LogP contribution in [0.2, 0.25) is 0 Å². The second-order valence-electron chi connectivity index (χ2n) is 7.73. The maximum Gasteiger partial charge on any atom is 0.199 e. The van der Waals surface area contributed by atoms with Gasteiger partial charge in [0.1, 0.15) is 5.84 Å². The summed E-state index contributed by atoms with van der Waals surface area (Å²) in [6, 6.07) is 33.7. The molecule has 0 saturated heterocycles. The fourth-order valence-electron chi connectivity index (χ4n) is 4.25. The topological polar surface area (TPSA) is 36.8 Å². The molecule has 3 nitrogen and oxygen atoms in total. The highest BCUT2D eigenvalue weighted by Crippen LogP contribution is 2.30. The predicted molar refractivity (Wildman–Crippen MR) is 131 cm³/mol. The second kappa shape index (κ2) is 7.22. The van der Waals surface area contributed by atoms with Crippen LogP contribution in [0, 0.1) is 0 Å². The van der Waals surface area contributed by atoms with Crippen molar-refractivity contribution >= 4 is 55.0 Å². The van der Waals surface area contributed by atoms with Crippen molar-refractivity contribution in [2.24, 2.45) is 9.98 Å². The molecule has 0 fully saturated rings. The molecule has 0 aromatic heterocycles. The zero-order chi connectivity index (χ0) is 20.8. The molecule has 0 radical (unpaired) electrons. The van der Waals surface area contributed by atoms with E-state index in [0.29, 0.717) is 5.29 Å². The van der Waals surface area contributed by atoms with Gasteiger partial charge in [0.05, 0.1) is 0 Å². The Labute approximate surface area is 184 Å². The Bertz CT molecular complexity index is 1530. The van der Waals surface area contributed by atoms with Crippen LogP contribution in [0.1, 0.15) is 17.3 Å². The van der Waals surface area contributed by atoms with E-state index in [1.807, 2.05) is 12.1 Å². The maximum atomic E-state index is 6.38. The van der Waals surface area contributed by atoms with Crippen LogP contribution < -0.4 is 5.32 Å². The van der Waals surface area contributed by atoms with E-state index in [0.717, 1.165) is 22.3 Å². The highest BCUT2D eigenvalue weighted by Gasteiger charge is 2.19. The van der Waals surface area contributed by atoms with Gasteiger partial charge in [-0.2, -0.15) is 0 Å². The summed E-state index contributed by atoms with van der Waals surface area (Å²) in [6.45, 7) is 0. The molecular weight excluding hydrogens is 402 g/mol. The van der Waals surface area contributed by atoms with E-state index in [-0.39, 0.29) is 6.17 Å². The van der Waals surface area contributed by atoms with Gasteiger partial charge >= 0.3 is 0 Å². The van der Waals surface area contributed by atoms with E-state index in [2.05, 4.69) is 95.2 Å². The van der Waals surface area contributed by atoms with Crippen molar-refractivity contribution in [2.45, 2.75) is 6.17 Å². The van der Waals surface area contributed by atoms with Gasteiger partial charge in [-0.1, -0.05) is 84.9 Å². The first kappa shape index (κ1) is 18.1. The zero-order valence-corrected chi connectivity index (χ0v) is 17.3. The Kier molecular flexibility index (Phi) is 4.22. The average molecular weight is 420 g/mol. The average Bonchev–Trinajstić information content (AvgIpc) is 2.83. The molecule has 1 unspecified atom stereocenters. The van der Waals surface area contributed by atoms with Crippen LogP contribution in [0.15, 0.2) is 107 Å². The van der Waals surface area contributed by atoms with E-state index in [1.165, 1.54) is 26.9 Å². The van der Waals surface area contributed by atoms with Gasteiger partial charge < -0.3 is 5.32 Å². The highest BCUT2D eigenvalue weighted by molar-refractivity contribution is 6.66. The highest BCUT2D eigenvalue weighted by atomic mass is 35.5. The van der Waals surface area contributed by atoms with Crippen molar-refractivity contribution in [3.05, 3.63) is 108 Å². The third-order valence-electron chi connectivity index (χ3n) is 5.80. The van der Waals surface area contributed by atoms with Crippen molar-refractivity contribution in [2.75, 3.05) is 0 Å². The normalized spacial score (nSPS) is 16.2. The SMILES string of the molecule is ClC1=NC(c2ccc3c(ccc4ccccc43)c2)N=C(c2ccc3ccccc3c2)N1. The smallest absolute Gasteiger partial charge is 0.199 e. The zero-order valence-electron chi connectivity index (χ0n) is 16.6. The Hall–Kier alpha value is -3.69. The Morgan fingerprint density at radius 1 is 0.613 bits per heavy atom. The lowest BCUT2D eigenvalue weighted by Gasteiger charge is -2.20. The molecule has 6 rings (SSSR count). The minimum absolute atomic E-state index is 0.349. The molecule has 0 aliphatic carbocycles. The summed E-state index contributed by atoms with van der Waals surface area (Å²) in [5, 5.41) is 10.7. The monoisotopic (exact) mass is 419 g/mol. The standard InChI is InChI=1S/C27H18ClN3/c28-27-30-25(21-12-9-17-5-1-2-7-19(17)15-21)29-26(31-27)22-13-14-24-20(16-22)11-10-18-6-3-4-8-23(18)24/h1-16,26H,(H,29,30,31). The molecule has 0 amide bonds. The summed E-state index contributed by atoms with van der Waals surface area (Å²) >= 11 is 6.38. The van der Waals surface area contributed by atoms with Crippen LogP contribution in [0.5, 0.6) is 0 Å². The van der Waals surface area contributed by atoms with Crippen LogP contribution in [0.3, 0.4) is 0 Å². The Morgan fingerprint density at radius 2 is 1.32 bits per heavy atom. The summed E-state index contributed by atoms with van der Waals surface area (Å²) in [7, 11) is 0. The van der Waals surface area contributed by atoms with Crippen molar-refractivity contribution in [1.29, 1.82) is 0 Å². The maximum absolute atomic E-state index is 6.38. The molecule has 0 bridgehead atoms. The largest absolute Gasteiger partial charge is 0.315 e. The van der Waals surface area contributed by atoms with Crippen molar-refractivity contribution in [3.8, 4) is 0 Å². The number of fused-ring (bicyclic) bond motifs is 4. The minimum atomic E-state index is -0.383. The van der Waals surface area contributed by atoms with Gasteiger partial charge in [-0.15, -0.1) is 0 Å². The number of nitrogens with one attached hydrogen (secondary N) is 1. The lowest BCUT2D eigenvalue weighted by Crippen LogP contribution is -2.32. The summed E-state index contributed by atoms with van der Waals surface area (Å²) < 4.78 is 0. The van der Waals surface area contributed by atoms with Gasteiger partial charge in [-0.3, -0.25) is 0 Å². The number of benzene rings is 5. The van der Waals surface area contributed by atoms with Gasteiger partial charge in [-0.05, 0) is 61.6 Å². The minimum Gasteiger partial charge on any atom is -0.315 e. The van der Waals surface area contributed by atoms with Gasteiger partial charge in [0.2, 0.25) is 0 Å². The Morgan fingerprint density at radius 3 is 2.23 bits per heavy atom. The lowest BCUT2D eigenvalue weighted by atomic mass is 9.99. The molecule has 1 N–H and O–H groups in total. The summed E-state index contributed by atoms with van der Waals surface area (Å²) in [5.41, 5.74) is 2.00. The number of aliphatic imine (C=N–C) groups is 2. The molecule has 1 heterocycles. The van der Waals surface area contributed by atoms with E-state index in [9.17, 15) is 0 Å².